The van der Waals surface area contributed by atoms with Gasteiger partial charge in [0.05, 0.1) is 25.4 Å². The fourth-order valence-electron chi connectivity index (χ4n) is 6.25. The SMILES string of the molecule is CC(C)C1CC2C=CC1c1cc3c(cc12)SC1=C(SC(=C2SC4=C(S2)Sc2cc5ccccc5cc2S4)S1)S3. The molecule has 0 fully saturated rings. The first-order chi connectivity index (χ1) is 19.1. The molecule has 3 unspecified atom stereocenters. The predicted octanol–water partition coefficient (Wildman–Crippen LogP) is 12.7. The molecule has 7 aliphatic rings. The molecule has 0 N–H and O–H groups in total. The number of benzene rings is 3. The Morgan fingerprint density at radius 2 is 1.03 bits per heavy atom. The third-order valence-corrected chi connectivity index (χ3v) is 19.9. The normalized spacial score (nSPS) is 26.4. The molecule has 4 heterocycles. The molecule has 0 radical (unpaired) electrons. The van der Waals surface area contributed by atoms with Crippen LogP contribution in [0.4, 0.5) is 0 Å². The summed E-state index contributed by atoms with van der Waals surface area (Å²) in [5, 5.41) is 2.67. The van der Waals surface area contributed by atoms with Gasteiger partial charge in [-0.15, -0.1) is 0 Å². The van der Waals surface area contributed by atoms with Crippen molar-refractivity contribution < 1.29 is 0 Å². The summed E-state index contributed by atoms with van der Waals surface area (Å²) in [6.45, 7) is 4.81. The summed E-state index contributed by atoms with van der Waals surface area (Å²) in [4.78, 5) is 5.74. The molecule has 0 saturated heterocycles. The van der Waals surface area contributed by atoms with E-state index in [0.29, 0.717) is 11.8 Å². The molecule has 3 aromatic rings. The van der Waals surface area contributed by atoms with Crippen molar-refractivity contribution >= 4 is 105 Å². The largest absolute Gasteiger partial charge is 0.0804 e. The van der Waals surface area contributed by atoms with Gasteiger partial charge >= 0.3 is 0 Å². The second kappa shape index (κ2) is 9.60. The summed E-state index contributed by atoms with van der Waals surface area (Å²) in [6, 6.07) is 18.6. The van der Waals surface area contributed by atoms with Crippen molar-refractivity contribution in [2.45, 2.75) is 51.7 Å². The maximum Gasteiger partial charge on any atom is 0.0718 e. The van der Waals surface area contributed by atoms with Crippen molar-refractivity contribution in [3.05, 3.63) is 97.2 Å². The Kier molecular flexibility index (Phi) is 6.20. The predicted molar refractivity (Wildman–Crippen MR) is 183 cm³/mol. The van der Waals surface area contributed by atoms with Crippen LogP contribution in [0.25, 0.3) is 10.8 Å². The average Bonchev–Trinajstić information content (AvgIpc) is 3.56. The highest BCUT2D eigenvalue weighted by molar-refractivity contribution is 8.45. The first kappa shape index (κ1) is 25.2. The van der Waals surface area contributed by atoms with Crippen molar-refractivity contribution in [2.24, 2.45) is 11.8 Å². The smallest absolute Gasteiger partial charge is 0.0718 e. The summed E-state index contributed by atoms with van der Waals surface area (Å²) >= 11 is 16.0. The number of allylic oxidation sites excluding steroid dienone is 2. The lowest BCUT2D eigenvalue weighted by Gasteiger charge is -2.42. The zero-order valence-corrected chi connectivity index (χ0v) is 27.6. The highest BCUT2D eigenvalue weighted by Gasteiger charge is 2.40. The standard InChI is InChI=1S/C31H22S8/c1-14(2)19-9-17-7-8-18(19)21-13-25-24(12-20(17)21)34-28-29(35-25)39-31(38-28)30-36-26-27(37-30)33-23-11-16-6-4-3-5-15(16)10-22(23)32-26/h3-8,10-14,17-19H,9H2,1-2H3. The van der Waals surface area contributed by atoms with E-state index in [2.05, 4.69) is 74.5 Å². The minimum Gasteiger partial charge on any atom is -0.0804 e. The van der Waals surface area contributed by atoms with Gasteiger partial charge in [0.25, 0.3) is 0 Å². The lowest BCUT2D eigenvalue weighted by Crippen LogP contribution is -2.29. The molecule has 3 atom stereocenters. The van der Waals surface area contributed by atoms with Crippen molar-refractivity contribution in [3.8, 4) is 0 Å². The number of rotatable bonds is 1. The molecule has 0 spiro atoms. The van der Waals surface area contributed by atoms with E-state index in [1.807, 2.05) is 94.1 Å². The minimum absolute atomic E-state index is 0.597. The second-order valence-electron chi connectivity index (χ2n) is 10.8. The molecule has 3 aliphatic carbocycles. The maximum absolute atomic E-state index is 2.56. The zero-order chi connectivity index (χ0) is 25.8. The second-order valence-corrected chi connectivity index (χ2v) is 20.6. The van der Waals surface area contributed by atoms with Gasteiger partial charge in [0.1, 0.15) is 0 Å². The fourth-order valence-corrected chi connectivity index (χ4v) is 18.3. The van der Waals surface area contributed by atoms with E-state index in [1.54, 1.807) is 11.1 Å². The number of fused-ring (bicyclic) bond motifs is 4. The van der Waals surface area contributed by atoms with Gasteiger partial charge in [-0.1, -0.05) is 144 Å². The summed E-state index contributed by atoms with van der Waals surface area (Å²) in [6.07, 6.45) is 6.33. The molecule has 8 heteroatoms. The van der Waals surface area contributed by atoms with Gasteiger partial charge in [0, 0.05) is 31.4 Å². The zero-order valence-electron chi connectivity index (χ0n) is 21.1. The van der Waals surface area contributed by atoms with E-state index in [-0.39, 0.29) is 0 Å². The lowest BCUT2D eigenvalue weighted by atomic mass is 9.63. The van der Waals surface area contributed by atoms with Gasteiger partial charge in [0.2, 0.25) is 0 Å². The van der Waals surface area contributed by atoms with Gasteiger partial charge in [-0.3, -0.25) is 0 Å². The van der Waals surface area contributed by atoms with Crippen LogP contribution in [0.15, 0.2) is 106 Å². The quantitative estimate of drug-likeness (QED) is 0.236. The average molecular weight is 651 g/mol. The third kappa shape index (κ3) is 4.14. The molecule has 2 bridgehead atoms. The third-order valence-electron chi connectivity index (χ3n) is 8.17. The number of thioether (sulfide) groups is 8. The highest BCUT2D eigenvalue weighted by atomic mass is 32.3. The van der Waals surface area contributed by atoms with Crippen LogP contribution >= 0.6 is 94.1 Å². The van der Waals surface area contributed by atoms with E-state index in [4.69, 9.17) is 0 Å². The van der Waals surface area contributed by atoms with Gasteiger partial charge < -0.3 is 0 Å². The molecule has 4 aliphatic heterocycles. The van der Waals surface area contributed by atoms with Crippen LogP contribution in [0, 0.1) is 11.8 Å². The Morgan fingerprint density at radius 3 is 1.54 bits per heavy atom. The summed E-state index contributed by atoms with van der Waals surface area (Å²) in [5.74, 6) is 2.72. The first-order valence-corrected chi connectivity index (χ1v) is 19.6. The van der Waals surface area contributed by atoms with E-state index in [9.17, 15) is 0 Å². The summed E-state index contributed by atoms with van der Waals surface area (Å²) < 4.78 is 8.82. The molecule has 0 saturated carbocycles. The van der Waals surface area contributed by atoms with Gasteiger partial charge in [-0.25, -0.2) is 0 Å². The van der Waals surface area contributed by atoms with Crippen molar-refractivity contribution in [3.63, 3.8) is 0 Å². The highest BCUT2D eigenvalue weighted by Crippen LogP contribution is 2.71. The van der Waals surface area contributed by atoms with Gasteiger partial charge in [-0.05, 0) is 64.4 Å². The summed E-state index contributed by atoms with van der Waals surface area (Å²) in [5.41, 5.74) is 3.21. The molecule has 194 valence electrons. The molecule has 0 nitrogen and oxygen atoms in total. The Bertz CT molecular complexity index is 1680. The Labute approximate surface area is 263 Å². The summed E-state index contributed by atoms with van der Waals surface area (Å²) in [7, 11) is 0. The molecule has 39 heavy (non-hydrogen) atoms. The van der Waals surface area contributed by atoms with Crippen molar-refractivity contribution in [1.29, 1.82) is 0 Å². The topological polar surface area (TPSA) is 0 Å². The molecular formula is C31H22S8. The fraction of sp³-hybridized carbons (Fsp3) is 0.226. The van der Waals surface area contributed by atoms with Gasteiger partial charge in [0.15, 0.2) is 0 Å². The molecule has 10 rings (SSSR count). The molecule has 3 aromatic carbocycles. The van der Waals surface area contributed by atoms with Crippen LogP contribution in [0.2, 0.25) is 0 Å². The monoisotopic (exact) mass is 650 g/mol. The Balaban J connectivity index is 0.965. The molecule has 0 amide bonds. The Hall–Kier alpha value is -0.320. The van der Waals surface area contributed by atoms with Crippen LogP contribution in [-0.2, 0) is 0 Å². The van der Waals surface area contributed by atoms with E-state index < -0.39 is 0 Å². The van der Waals surface area contributed by atoms with Gasteiger partial charge in [-0.2, -0.15) is 0 Å². The van der Waals surface area contributed by atoms with E-state index in [1.165, 1.54) is 62.2 Å². The van der Waals surface area contributed by atoms with Crippen molar-refractivity contribution in [2.75, 3.05) is 0 Å². The number of hydrogen-bond acceptors (Lipinski definition) is 8. The lowest BCUT2D eigenvalue weighted by molar-refractivity contribution is 0.286. The maximum atomic E-state index is 2.56. The molecule has 0 aromatic heterocycles. The first-order valence-electron chi connectivity index (χ1n) is 13.1. The van der Waals surface area contributed by atoms with Crippen LogP contribution in [0.1, 0.15) is 43.2 Å². The van der Waals surface area contributed by atoms with Crippen LogP contribution in [0.5, 0.6) is 0 Å². The Morgan fingerprint density at radius 1 is 0.564 bits per heavy atom. The van der Waals surface area contributed by atoms with E-state index >= 15 is 0 Å². The number of hydrogen-bond donors (Lipinski definition) is 0. The van der Waals surface area contributed by atoms with Crippen LogP contribution in [0.3, 0.4) is 0 Å². The van der Waals surface area contributed by atoms with E-state index in [0.717, 1.165) is 11.8 Å². The van der Waals surface area contributed by atoms with Crippen LogP contribution in [-0.4, -0.2) is 0 Å². The van der Waals surface area contributed by atoms with Crippen LogP contribution < -0.4 is 0 Å². The molecular weight excluding hydrogens is 629 g/mol. The minimum atomic E-state index is 0.597. The van der Waals surface area contributed by atoms with Crippen molar-refractivity contribution in [1.82, 2.24) is 0 Å².